The third kappa shape index (κ3) is 4.45. The first kappa shape index (κ1) is 22.5. The van der Waals surface area contributed by atoms with Gasteiger partial charge in [-0.3, -0.25) is 19.7 Å². The second-order valence-corrected chi connectivity index (χ2v) is 7.89. The summed E-state index contributed by atoms with van der Waals surface area (Å²) >= 11 is 0. The minimum absolute atomic E-state index is 0.0593. The number of rotatable bonds is 7. The molecule has 0 saturated carbocycles. The molecule has 2 saturated heterocycles. The first-order valence-electron chi connectivity index (χ1n) is 10.8. The van der Waals surface area contributed by atoms with Crippen LogP contribution in [0.25, 0.3) is 5.76 Å². The van der Waals surface area contributed by atoms with Gasteiger partial charge in [-0.15, -0.1) is 0 Å². The summed E-state index contributed by atoms with van der Waals surface area (Å²) in [5.74, 6) is -1.25. The van der Waals surface area contributed by atoms with Gasteiger partial charge >= 0.3 is 0 Å². The van der Waals surface area contributed by atoms with Crippen molar-refractivity contribution in [2.24, 2.45) is 0 Å². The van der Waals surface area contributed by atoms with Crippen LogP contribution in [-0.2, 0) is 14.3 Å². The van der Waals surface area contributed by atoms with Gasteiger partial charge in [0, 0.05) is 30.8 Å². The van der Waals surface area contributed by atoms with Crippen LogP contribution in [0.5, 0.6) is 5.75 Å². The second kappa shape index (κ2) is 9.41. The molecule has 2 aromatic carbocycles. The highest BCUT2D eigenvalue weighted by molar-refractivity contribution is 6.46. The van der Waals surface area contributed by atoms with Crippen molar-refractivity contribution in [1.29, 1.82) is 0 Å². The van der Waals surface area contributed by atoms with E-state index in [0.29, 0.717) is 24.5 Å². The molecule has 2 aliphatic heterocycles. The number of ketones is 1. The van der Waals surface area contributed by atoms with Crippen LogP contribution in [0.3, 0.4) is 0 Å². The molecule has 1 N–H and O–H groups in total. The smallest absolute Gasteiger partial charge is 0.295 e. The number of amides is 1. The molecule has 1 amide bonds. The van der Waals surface area contributed by atoms with E-state index in [-0.39, 0.29) is 35.2 Å². The van der Waals surface area contributed by atoms with Crippen LogP contribution >= 0.6 is 0 Å². The Bertz CT molecular complexity index is 1090. The molecular formula is C24H24N2O7. The van der Waals surface area contributed by atoms with Gasteiger partial charge in [0.15, 0.2) is 0 Å². The molecule has 0 bridgehead atoms. The fourth-order valence-electron chi connectivity index (χ4n) is 4.23. The maximum absolute atomic E-state index is 13.0. The summed E-state index contributed by atoms with van der Waals surface area (Å²) in [6.45, 7) is 3.19. The van der Waals surface area contributed by atoms with Crippen LogP contribution in [0.4, 0.5) is 5.69 Å². The minimum Gasteiger partial charge on any atom is -0.507 e. The number of aliphatic hydroxyl groups is 1. The predicted molar refractivity (Wildman–Crippen MR) is 119 cm³/mol. The van der Waals surface area contributed by atoms with E-state index in [2.05, 4.69) is 0 Å². The number of nitro groups is 1. The van der Waals surface area contributed by atoms with Crippen LogP contribution in [0, 0.1) is 10.1 Å². The number of hydrogen-bond donors (Lipinski definition) is 1. The average molecular weight is 452 g/mol. The van der Waals surface area contributed by atoms with E-state index >= 15 is 0 Å². The number of carbonyl (C=O) groups excluding carboxylic acids is 2. The highest BCUT2D eigenvalue weighted by atomic mass is 16.6. The van der Waals surface area contributed by atoms with E-state index in [0.717, 1.165) is 12.8 Å². The average Bonchev–Trinajstić information content (AvgIpc) is 3.42. The van der Waals surface area contributed by atoms with Gasteiger partial charge in [0.1, 0.15) is 11.5 Å². The van der Waals surface area contributed by atoms with Crippen LogP contribution in [0.1, 0.15) is 36.9 Å². The molecule has 172 valence electrons. The number of Topliss-reactive ketones (excluding diaryl/α,β-unsaturated/α-hetero) is 1. The number of ether oxygens (including phenoxy) is 2. The van der Waals surface area contributed by atoms with Crippen molar-refractivity contribution in [2.75, 3.05) is 19.8 Å². The molecule has 2 aliphatic rings. The van der Waals surface area contributed by atoms with E-state index in [9.17, 15) is 24.8 Å². The van der Waals surface area contributed by atoms with E-state index < -0.39 is 22.7 Å². The van der Waals surface area contributed by atoms with Crippen LogP contribution in [0.2, 0.25) is 0 Å². The lowest BCUT2D eigenvalue weighted by molar-refractivity contribution is -0.384. The fourth-order valence-corrected chi connectivity index (χ4v) is 4.23. The van der Waals surface area contributed by atoms with Gasteiger partial charge in [0.05, 0.1) is 29.2 Å². The molecule has 9 nitrogen and oxygen atoms in total. The molecule has 2 aromatic rings. The maximum atomic E-state index is 13.0. The highest BCUT2D eigenvalue weighted by Gasteiger charge is 2.47. The first-order valence-corrected chi connectivity index (χ1v) is 10.8. The van der Waals surface area contributed by atoms with Crippen LogP contribution in [-0.4, -0.2) is 52.5 Å². The normalized spacial score (nSPS) is 22.0. The Morgan fingerprint density at radius 1 is 1.18 bits per heavy atom. The van der Waals surface area contributed by atoms with Gasteiger partial charge in [-0.05, 0) is 49.6 Å². The standard InChI is InChI=1S/C24H24N2O7/c1-2-32-18-11-7-15(8-12-18)21-20(22(27)16-5-9-17(10-6-16)26(30)31)23(28)24(29)25(21)14-19-4-3-13-33-19/h5-12,19,21,27H,2-4,13-14H2,1H3/b22-20-. The van der Waals surface area contributed by atoms with Crippen LogP contribution < -0.4 is 4.74 Å². The zero-order valence-electron chi connectivity index (χ0n) is 18.1. The zero-order chi connectivity index (χ0) is 23.5. The topological polar surface area (TPSA) is 119 Å². The van der Waals surface area contributed by atoms with Crippen molar-refractivity contribution in [3.8, 4) is 5.75 Å². The largest absolute Gasteiger partial charge is 0.507 e. The number of hydrogen-bond acceptors (Lipinski definition) is 7. The van der Waals surface area contributed by atoms with E-state index in [1.807, 2.05) is 6.92 Å². The van der Waals surface area contributed by atoms with Crippen LogP contribution in [0.15, 0.2) is 54.1 Å². The highest BCUT2D eigenvalue weighted by Crippen LogP contribution is 2.40. The molecular weight excluding hydrogens is 428 g/mol. The Labute approximate surface area is 190 Å². The molecule has 9 heteroatoms. The monoisotopic (exact) mass is 452 g/mol. The van der Waals surface area contributed by atoms with Crippen molar-refractivity contribution in [1.82, 2.24) is 4.90 Å². The molecule has 4 rings (SSSR count). The number of nitrogens with zero attached hydrogens (tertiary/aromatic N) is 2. The minimum atomic E-state index is -0.819. The summed E-state index contributed by atoms with van der Waals surface area (Å²) in [6.07, 6.45) is 1.47. The Morgan fingerprint density at radius 2 is 1.88 bits per heavy atom. The first-order chi connectivity index (χ1) is 15.9. The quantitative estimate of drug-likeness (QED) is 0.224. The van der Waals surface area contributed by atoms with Crippen molar-refractivity contribution in [2.45, 2.75) is 31.9 Å². The molecule has 2 atom stereocenters. The lowest BCUT2D eigenvalue weighted by Crippen LogP contribution is -2.36. The van der Waals surface area contributed by atoms with Gasteiger partial charge in [-0.1, -0.05) is 12.1 Å². The SMILES string of the molecule is CCOc1ccc(C2/C(=C(/O)c3ccc([N+](=O)[O-])cc3)C(=O)C(=O)N2CC2CCCO2)cc1. The predicted octanol–water partition coefficient (Wildman–Crippen LogP) is 3.59. The zero-order valence-corrected chi connectivity index (χ0v) is 18.1. The Balaban J connectivity index is 1.78. The Morgan fingerprint density at radius 3 is 2.45 bits per heavy atom. The Kier molecular flexibility index (Phi) is 6.41. The van der Waals surface area contributed by atoms with Gasteiger partial charge in [-0.25, -0.2) is 0 Å². The summed E-state index contributed by atoms with van der Waals surface area (Å²) in [6, 6.07) is 11.4. The third-order valence-electron chi connectivity index (χ3n) is 5.82. The van der Waals surface area contributed by atoms with Crippen molar-refractivity contribution < 1.29 is 29.1 Å². The number of non-ortho nitro benzene ring substituents is 1. The molecule has 0 aromatic heterocycles. The third-order valence-corrected chi connectivity index (χ3v) is 5.82. The molecule has 2 unspecified atom stereocenters. The summed E-state index contributed by atoms with van der Waals surface area (Å²) in [4.78, 5) is 37.9. The number of aliphatic hydroxyl groups excluding tert-OH is 1. The molecule has 0 radical (unpaired) electrons. The van der Waals surface area contributed by atoms with Gasteiger partial charge in [0.2, 0.25) is 0 Å². The Hall–Kier alpha value is -3.72. The maximum Gasteiger partial charge on any atom is 0.295 e. The number of nitro benzene ring substituents is 1. The summed E-state index contributed by atoms with van der Waals surface area (Å²) in [5.41, 5.74) is 0.648. The molecule has 0 spiro atoms. The molecule has 2 heterocycles. The van der Waals surface area contributed by atoms with Crippen molar-refractivity contribution >= 4 is 23.1 Å². The molecule has 33 heavy (non-hydrogen) atoms. The lowest BCUT2D eigenvalue weighted by Gasteiger charge is -2.27. The van der Waals surface area contributed by atoms with Crippen molar-refractivity contribution in [3.05, 3.63) is 75.3 Å². The van der Waals surface area contributed by atoms with Crippen molar-refractivity contribution in [3.63, 3.8) is 0 Å². The second-order valence-electron chi connectivity index (χ2n) is 7.89. The van der Waals surface area contributed by atoms with E-state index in [1.54, 1.807) is 24.3 Å². The fraction of sp³-hybridized carbons (Fsp3) is 0.333. The summed E-state index contributed by atoms with van der Waals surface area (Å²) < 4.78 is 11.2. The van der Waals surface area contributed by atoms with E-state index in [4.69, 9.17) is 9.47 Å². The summed E-state index contributed by atoms with van der Waals surface area (Å²) in [5, 5.41) is 22.0. The van der Waals surface area contributed by atoms with Gasteiger partial charge in [-0.2, -0.15) is 0 Å². The van der Waals surface area contributed by atoms with Gasteiger partial charge in [0.25, 0.3) is 17.4 Å². The lowest BCUT2D eigenvalue weighted by atomic mass is 9.95. The van der Waals surface area contributed by atoms with Gasteiger partial charge < -0.3 is 19.5 Å². The van der Waals surface area contributed by atoms with E-state index in [1.165, 1.54) is 29.2 Å². The molecule has 0 aliphatic carbocycles. The number of carbonyl (C=O) groups is 2. The number of benzene rings is 2. The number of likely N-dealkylation sites (tertiary alicyclic amines) is 1. The summed E-state index contributed by atoms with van der Waals surface area (Å²) in [7, 11) is 0. The molecule has 2 fully saturated rings.